The third-order valence-corrected chi connectivity index (χ3v) is 3.02. The second kappa shape index (κ2) is 6.31. The normalized spacial score (nSPS) is 12.6. The molecule has 0 amide bonds. The Morgan fingerprint density at radius 1 is 1.22 bits per heavy atom. The highest BCUT2D eigenvalue weighted by Crippen LogP contribution is 2.15. The zero-order chi connectivity index (χ0) is 12.8. The van der Waals surface area contributed by atoms with E-state index in [9.17, 15) is 0 Å². The number of aryl methyl sites for hydroxylation is 1. The maximum atomic E-state index is 4.43. The van der Waals surface area contributed by atoms with E-state index in [1.807, 2.05) is 30.7 Å². The third kappa shape index (κ3) is 2.96. The van der Waals surface area contributed by atoms with Gasteiger partial charge in [0.25, 0.3) is 0 Å². The number of rotatable bonds is 6. The first-order valence-corrected chi connectivity index (χ1v) is 6.49. The Hall–Kier alpha value is -1.68. The van der Waals surface area contributed by atoms with Crippen LogP contribution in [0.2, 0.25) is 0 Å². The fourth-order valence-corrected chi connectivity index (χ4v) is 2.11. The van der Waals surface area contributed by atoms with E-state index in [-0.39, 0.29) is 6.04 Å². The lowest BCUT2D eigenvalue weighted by Crippen LogP contribution is -2.25. The van der Waals surface area contributed by atoms with Crippen molar-refractivity contribution in [1.82, 2.24) is 19.9 Å². The molecule has 0 saturated heterocycles. The van der Waals surface area contributed by atoms with Gasteiger partial charge in [0.05, 0.1) is 11.7 Å². The number of nitrogens with one attached hydrogen (secondary N) is 1. The lowest BCUT2D eigenvalue weighted by Gasteiger charge is -2.17. The highest BCUT2D eigenvalue weighted by molar-refractivity contribution is 5.11. The predicted molar refractivity (Wildman–Crippen MR) is 72.3 cm³/mol. The Labute approximate surface area is 108 Å². The predicted octanol–water partition coefficient (Wildman–Crippen LogP) is 2.19. The van der Waals surface area contributed by atoms with Gasteiger partial charge in [0.1, 0.15) is 5.82 Å². The molecule has 1 N–H and O–H groups in total. The fraction of sp³-hybridized carbons (Fsp3) is 0.429. The molecular formula is C14H20N4. The Balaban J connectivity index is 2.16. The highest BCUT2D eigenvalue weighted by atomic mass is 15.1. The van der Waals surface area contributed by atoms with Crippen LogP contribution >= 0.6 is 0 Å². The van der Waals surface area contributed by atoms with Gasteiger partial charge in [-0.15, -0.1) is 0 Å². The summed E-state index contributed by atoms with van der Waals surface area (Å²) in [5.74, 6) is 1.11. The van der Waals surface area contributed by atoms with Crippen LogP contribution in [0.1, 0.15) is 31.4 Å². The van der Waals surface area contributed by atoms with Crippen LogP contribution < -0.4 is 5.32 Å². The molecule has 1 unspecified atom stereocenters. The summed E-state index contributed by atoms with van der Waals surface area (Å²) in [4.78, 5) is 8.86. The van der Waals surface area contributed by atoms with Crippen LogP contribution in [0.4, 0.5) is 0 Å². The number of aromatic nitrogens is 3. The Morgan fingerprint density at radius 3 is 2.78 bits per heavy atom. The number of imidazole rings is 1. The molecule has 2 aromatic heterocycles. The molecule has 0 fully saturated rings. The summed E-state index contributed by atoms with van der Waals surface area (Å²) in [5, 5.41) is 3.47. The molecular weight excluding hydrogens is 224 g/mol. The van der Waals surface area contributed by atoms with Crippen molar-refractivity contribution in [2.75, 3.05) is 6.54 Å². The molecule has 2 aromatic rings. The van der Waals surface area contributed by atoms with Gasteiger partial charge in [-0.25, -0.2) is 4.98 Å². The lowest BCUT2D eigenvalue weighted by atomic mass is 10.1. The summed E-state index contributed by atoms with van der Waals surface area (Å²) in [7, 11) is 0. The molecule has 18 heavy (non-hydrogen) atoms. The number of nitrogens with zero attached hydrogens (tertiary/aromatic N) is 3. The Kier molecular flexibility index (Phi) is 4.47. The number of likely N-dealkylation sites (N-methyl/N-ethyl adjacent to an activating group) is 1. The van der Waals surface area contributed by atoms with Crippen LogP contribution in [0.15, 0.2) is 36.8 Å². The van der Waals surface area contributed by atoms with Crippen LogP contribution in [0, 0.1) is 0 Å². The van der Waals surface area contributed by atoms with Crippen LogP contribution in [0.25, 0.3) is 0 Å². The van der Waals surface area contributed by atoms with Gasteiger partial charge >= 0.3 is 0 Å². The number of pyridine rings is 1. The summed E-state index contributed by atoms with van der Waals surface area (Å²) in [6.45, 7) is 6.13. The summed E-state index contributed by atoms with van der Waals surface area (Å²) in [5.41, 5.74) is 1.07. The largest absolute Gasteiger partial charge is 0.335 e. The number of hydrogen-bond acceptors (Lipinski definition) is 3. The number of hydrogen-bond donors (Lipinski definition) is 1. The second-order valence-corrected chi connectivity index (χ2v) is 4.20. The molecule has 96 valence electrons. The van der Waals surface area contributed by atoms with Gasteiger partial charge in [0.2, 0.25) is 0 Å². The molecule has 0 aliphatic rings. The van der Waals surface area contributed by atoms with Crippen molar-refractivity contribution in [2.24, 2.45) is 0 Å². The van der Waals surface area contributed by atoms with Crippen molar-refractivity contribution >= 4 is 0 Å². The molecule has 1 atom stereocenters. The Bertz CT molecular complexity index is 464. The van der Waals surface area contributed by atoms with E-state index in [0.717, 1.165) is 31.0 Å². The zero-order valence-corrected chi connectivity index (χ0v) is 11.0. The molecule has 0 spiro atoms. The molecule has 2 rings (SSSR count). The smallest absolute Gasteiger partial charge is 0.110 e. The van der Waals surface area contributed by atoms with Crippen LogP contribution in [-0.2, 0) is 13.0 Å². The van der Waals surface area contributed by atoms with Gasteiger partial charge in [-0.3, -0.25) is 4.98 Å². The van der Waals surface area contributed by atoms with Crippen molar-refractivity contribution in [2.45, 2.75) is 32.9 Å². The quantitative estimate of drug-likeness (QED) is 0.847. The van der Waals surface area contributed by atoms with E-state index < -0.39 is 0 Å². The van der Waals surface area contributed by atoms with Crippen molar-refractivity contribution < 1.29 is 0 Å². The van der Waals surface area contributed by atoms with E-state index in [1.54, 1.807) is 0 Å². The minimum absolute atomic E-state index is 0.226. The summed E-state index contributed by atoms with van der Waals surface area (Å²) < 4.78 is 2.17. The van der Waals surface area contributed by atoms with Gasteiger partial charge in [0, 0.05) is 31.6 Å². The van der Waals surface area contributed by atoms with Crippen LogP contribution in [0.5, 0.6) is 0 Å². The zero-order valence-electron chi connectivity index (χ0n) is 11.0. The summed E-state index contributed by atoms with van der Waals surface area (Å²) in [6.07, 6.45) is 6.59. The summed E-state index contributed by atoms with van der Waals surface area (Å²) in [6, 6.07) is 6.26. The van der Waals surface area contributed by atoms with Crippen molar-refractivity contribution in [3.05, 3.63) is 48.3 Å². The van der Waals surface area contributed by atoms with E-state index in [0.29, 0.717) is 0 Å². The van der Waals surface area contributed by atoms with Gasteiger partial charge in [-0.1, -0.05) is 13.0 Å². The van der Waals surface area contributed by atoms with Crippen LogP contribution in [-0.4, -0.2) is 21.1 Å². The topological polar surface area (TPSA) is 42.7 Å². The summed E-state index contributed by atoms with van der Waals surface area (Å²) >= 11 is 0. The first kappa shape index (κ1) is 12.8. The van der Waals surface area contributed by atoms with E-state index in [4.69, 9.17) is 0 Å². The van der Waals surface area contributed by atoms with Gasteiger partial charge in [0.15, 0.2) is 0 Å². The average Bonchev–Trinajstić information content (AvgIpc) is 2.86. The molecule has 2 heterocycles. The van der Waals surface area contributed by atoms with Crippen molar-refractivity contribution in [1.29, 1.82) is 0 Å². The first-order chi connectivity index (χ1) is 8.85. The van der Waals surface area contributed by atoms with Gasteiger partial charge < -0.3 is 9.88 Å². The van der Waals surface area contributed by atoms with Crippen LogP contribution in [0.3, 0.4) is 0 Å². The molecule has 0 aliphatic heterocycles. The minimum atomic E-state index is 0.226. The second-order valence-electron chi connectivity index (χ2n) is 4.20. The molecule has 0 saturated carbocycles. The third-order valence-electron chi connectivity index (χ3n) is 3.02. The standard InChI is InChI=1S/C14H20N4/c1-3-15-13(12-7-5-6-8-16-12)11-14-17-9-10-18(14)4-2/h5-10,13,15H,3-4,11H2,1-2H3. The maximum Gasteiger partial charge on any atom is 0.110 e. The monoisotopic (exact) mass is 244 g/mol. The first-order valence-electron chi connectivity index (χ1n) is 6.49. The molecule has 0 aromatic carbocycles. The van der Waals surface area contributed by atoms with Crippen molar-refractivity contribution in [3.63, 3.8) is 0 Å². The molecule has 0 aliphatic carbocycles. The average molecular weight is 244 g/mol. The van der Waals surface area contributed by atoms with Crippen molar-refractivity contribution in [3.8, 4) is 0 Å². The minimum Gasteiger partial charge on any atom is -0.335 e. The molecule has 4 nitrogen and oxygen atoms in total. The Morgan fingerprint density at radius 2 is 2.11 bits per heavy atom. The van der Waals surface area contributed by atoms with Gasteiger partial charge in [-0.2, -0.15) is 0 Å². The highest BCUT2D eigenvalue weighted by Gasteiger charge is 2.14. The van der Waals surface area contributed by atoms with Gasteiger partial charge in [-0.05, 0) is 25.6 Å². The molecule has 0 bridgehead atoms. The fourth-order valence-electron chi connectivity index (χ4n) is 2.11. The molecule has 4 heteroatoms. The molecule has 0 radical (unpaired) electrons. The maximum absolute atomic E-state index is 4.43. The SMILES string of the molecule is CCNC(Cc1nccn1CC)c1ccccn1. The van der Waals surface area contributed by atoms with E-state index in [1.165, 1.54) is 0 Å². The lowest BCUT2D eigenvalue weighted by molar-refractivity contribution is 0.511. The van der Waals surface area contributed by atoms with E-state index >= 15 is 0 Å². The van der Waals surface area contributed by atoms with E-state index in [2.05, 4.69) is 39.8 Å².